The number of halogens is 1. The molecule has 0 aromatic heterocycles. The first-order valence-corrected chi connectivity index (χ1v) is 5.00. The molecule has 0 radical (unpaired) electrons. The summed E-state index contributed by atoms with van der Waals surface area (Å²) in [5.74, 6) is 0.895. The van der Waals surface area contributed by atoms with Crippen LogP contribution >= 0.6 is 15.9 Å². The van der Waals surface area contributed by atoms with Crippen molar-refractivity contribution >= 4 is 15.9 Å². The summed E-state index contributed by atoms with van der Waals surface area (Å²) in [6.45, 7) is 1.99. The van der Waals surface area contributed by atoms with E-state index in [1.54, 1.807) is 7.11 Å². The molecule has 0 unspecified atom stereocenters. The SMILES string of the molecule is COc1cc(Br)ccc1C[C@@H](C)N. The van der Waals surface area contributed by atoms with Crippen LogP contribution in [0, 0.1) is 0 Å². The van der Waals surface area contributed by atoms with Gasteiger partial charge in [-0.15, -0.1) is 0 Å². The lowest BCUT2D eigenvalue weighted by Crippen LogP contribution is -2.18. The van der Waals surface area contributed by atoms with Crippen molar-refractivity contribution < 1.29 is 4.74 Å². The maximum atomic E-state index is 5.72. The molecule has 0 aliphatic rings. The van der Waals surface area contributed by atoms with Crippen molar-refractivity contribution in [1.29, 1.82) is 0 Å². The largest absolute Gasteiger partial charge is 0.496 e. The zero-order valence-corrected chi connectivity index (χ0v) is 9.47. The van der Waals surface area contributed by atoms with E-state index in [4.69, 9.17) is 10.5 Å². The zero-order chi connectivity index (χ0) is 9.84. The molecule has 13 heavy (non-hydrogen) atoms. The minimum atomic E-state index is 0.162. The van der Waals surface area contributed by atoms with Crippen LogP contribution in [-0.2, 0) is 6.42 Å². The van der Waals surface area contributed by atoms with Crippen molar-refractivity contribution in [3.05, 3.63) is 28.2 Å². The van der Waals surface area contributed by atoms with Crippen LogP contribution in [0.4, 0.5) is 0 Å². The molecule has 1 rings (SSSR count). The van der Waals surface area contributed by atoms with E-state index in [0.29, 0.717) is 0 Å². The molecule has 0 aliphatic carbocycles. The smallest absolute Gasteiger partial charge is 0.123 e. The van der Waals surface area contributed by atoms with E-state index >= 15 is 0 Å². The fourth-order valence-corrected chi connectivity index (χ4v) is 1.57. The van der Waals surface area contributed by atoms with Crippen molar-refractivity contribution in [3.63, 3.8) is 0 Å². The maximum Gasteiger partial charge on any atom is 0.123 e. The Labute approximate surface area is 87.2 Å². The van der Waals surface area contributed by atoms with E-state index in [9.17, 15) is 0 Å². The minimum absolute atomic E-state index is 0.162. The van der Waals surface area contributed by atoms with E-state index in [1.807, 2.05) is 25.1 Å². The van der Waals surface area contributed by atoms with Gasteiger partial charge in [0.2, 0.25) is 0 Å². The van der Waals surface area contributed by atoms with Gasteiger partial charge in [-0.25, -0.2) is 0 Å². The third kappa shape index (κ3) is 3.01. The normalized spacial score (nSPS) is 12.6. The third-order valence-electron chi connectivity index (χ3n) is 1.79. The first-order valence-electron chi connectivity index (χ1n) is 4.21. The second-order valence-corrected chi connectivity index (χ2v) is 4.05. The van der Waals surface area contributed by atoms with Crippen LogP contribution in [-0.4, -0.2) is 13.2 Å². The highest BCUT2D eigenvalue weighted by atomic mass is 79.9. The number of ether oxygens (including phenoxy) is 1. The van der Waals surface area contributed by atoms with E-state index in [-0.39, 0.29) is 6.04 Å². The molecule has 0 amide bonds. The average Bonchev–Trinajstić information content (AvgIpc) is 2.07. The first-order chi connectivity index (χ1) is 6.13. The van der Waals surface area contributed by atoms with Gasteiger partial charge < -0.3 is 10.5 Å². The Morgan fingerprint density at radius 2 is 2.23 bits per heavy atom. The number of benzene rings is 1. The summed E-state index contributed by atoms with van der Waals surface area (Å²) in [7, 11) is 1.67. The molecule has 2 N–H and O–H groups in total. The van der Waals surface area contributed by atoms with Crippen LogP contribution in [0.25, 0.3) is 0 Å². The number of hydrogen-bond acceptors (Lipinski definition) is 2. The van der Waals surface area contributed by atoms with Gasteiger partial charge in [0.1, 0.15) is 5.75 Å². The van der Waals surface area contributed by atoms with Gasteiger partial charge in [-0.05, 0) is 31.0 Å². The van der Waals surface area contributed by atoms with Crippen LogP contribution in [0.2, 0.25) is 0 Å². The van der Waals surface area contributed by atoms with Crippen molar-refractivity contribution in [3.8, 4) is 5.75 Å². The standard InChI is InChI=1S/C10H14BrNO/c1-7(12)5-8-3-4-9(11)6-10(8)13-2/h3-4,6-7H,5,12H2,1-2H3/t7-/m1/s1. The van der Waals surface area contributed by atoms with Gasteiger partial charge in [-0.3, -0.25) is 0 Å². The summed E-state index contributed by atoms with van der Waals surface area (Å²) < 4.78 is 6.27. The Balaban J connectivity index is 2.92. The van der Waals surface area contributed by atoms with Gasteiger partial charge in [-0.1, -0.05) is 22.0 Å². The van der Waals surface area contributed by atoms with Gasteiger partial charge in [0.25, 0.3) is 0 Å². The van der Waals surface area contributed by atoms with E-state index in [1.165, 1.54) is 0 Å². The van der Waals surface area contributed by atoms with Crippen LogP contribution in [0.1, 0.15) is 12.5 Å². The van der Waals surface area contributed by atoms with E-state index in [0.717, 1.165) is 22.2 Å². The van der Waals surface area contributed by atoms with Crippen molar-refractivity contribution in [1.82, 2.24) is 0 Å². The van der Waals surface area contributed by atoms with Crippen molar-refractivity contribution in [2.24, 2.45) is 5.73 Å². The molecule has 0 heterocycles. The Bertz CT molecular complexity index is 286. The number of methoxy groups -OCH3 is 1. The highest BCUT2D eigenvalue weighted by Gasteiger charge is 2.05. The monoisotopic (exact) mass is 243 g/mol. The predicted molar refractivity (Wildman–Crippen MR) is 58.0 cm³/mol. The number of nitrogens with two attached hydrogens (primary N) is 1. The summed E-state index contributed by atoms with van der Waals surface area (Å²) >= 11 is 3.39. The van der Waals surface area contributed by atoms with Gasteiger partial charge in [0.15, 0.2) is 0 Å². The minimum Gasteiger partial charge on any atom is -0.496 e. The van der Waals surface area contributed by atoms with Crippen LogP contribution in [0.5, 0.6) is 5.75 Å². The van der Waals surface area contributed by atoms with Gasteiger partial charge in [-0.2, -0.15) is 0 Å². The Kier molecular flexibility index (Phi) is 3.75. The zero-order valence-electron chi connectivity index (χ0n) is 7.88. The second kappa shape index (κ2) is 4.63. The molecule has 1 atom stereocenters. The van der Waals surface area contributed by atoms with Crippen molar-refractivity contribution in [2.45, 2.75) is 19.4 Å². The van der Waals surface area contributed by atoms with Crippen LogP contribution in [0.15, 0.2) is 22.7 Å². The molecule has 72 valence electrons. The molecular weight excluding hydrogens is 230 g/mol. The molecule has 1 aromatic carbocycles. The molecule has 0 saturated heterocycles. The van der Waals surface area contributed by atoms with E-state index in [2.05, 4.69) is 15.9 Å². The summed E-state index contributed by atoms with van der Waals surface area (Å²) in [4.78, 5) is 0. The molecule has 1 aromatic rings. The highest BCUT2D eigenvalue weighted by molar-refractivity contribution is 9.10. The summed E-state index contributed by atoms with van der Waals surface area (Å²) in [5, 5.41) is 0. The Morgan fingerprint density at radius 1 is 1.54 bits per heavy atom. The second-order valence-electron chi connectivity index (χ2n) is 3.14. The molecule has 0 aliphatic heterocycles. The highest BCUT2D eigenvalue weighted by Crippen LogP contribution is 2.24. The van der Waals surface area contributed by atoms with Gasteiger partial charge in [0, 0.05) is 10.5 Å². The Morgan fingerprint density at radius 3 is 2.77 bits per heavy atom. The van der Waals surface area contributed by atoms with E-state index < -0.39 is 0 Å². The molecule has 0 spiro atoms. The van der Waals surface area contributed by atoms with Crippen LogP contribution < -0.4 is 10.5 Å². The molecule has 0 saturated carbocycles. The quantitative estimate of drug-likeness (QED) is 0.885. The van der Waals surface area contributed by atoms with Crippen LogP contribution in [0.3, 0.4) is 0 Å². The molecule has 2 nitrogen and oxygen atoms in total. The molecule has 0 fully saturated rings. The lowest BCUT2D eigenvalue weighted by atomic mass is 10.1. The van der Waals surface area contributed by atoms with Gasteiger partial charge in [0.05, 0.1) is 7.11 Å². The predicted octanol–water partition coefficient (Wildman–Crippen LogP) is 2.35. The lowest BCUT2D eigenvalue weighted by Gasteiger charge is -2.10. The first kappa shape index (κ1) is 10.5. The fourth-order valence-electron chi connectivity index (χ4n) is 1.23. The Hall–Kier alpha value is -0.540. The topological polar surface area (TPSA) is 35.2 Å². The summed E-state index contributed by atoms with van der Waals surface area (Å²) in [5.41, 5.74) is 6.87. The molecular formula is C10H14BrNO. The average molecular weight is 244 g/mol. The summed E-state index contributed by atoms with van der Waals surface area (Å²) in [6.07, 6.45) is 0.844. The summed E-state index contributed by atoms with van der Waals surface area (Å²) in [6, 6.07) is 6.15. The van der Waals surface area contributed by atoms with Gasteiger partial charge >= 0.3 is 0 Å². The molecule has 0 bridgehead atoms. The number of hydrogen-bond donors (Lipinski definition) is 1. The fraction of sp³-hybridized carbons (Fsp3) is 0.400. The van der Waals surface area contributed by atoms with Crippen molar-refractivity contribution in [2.75, 3.05) is 7.11 Å². The maximum absolute atomic E-state index is 5.72. The lowest BCUT2D eigenvalue weighted by molar-refractivity contribution is 0.408. The number of rotatable bonds is 3. The third-order valence-corrected chi connectivity index (χ3v) is 2.28. The molecule has 3 heteroatoms.